The second kappa shape index (κ2) is 5.28. The average Bonchev–Trinajstić information content (AvgIpc) is 2.79. The van der Waals surface area contributed by atoms with Crippen molar-refractivity contribution in [3.8, 4) is 11.3 Å². The molecule has 0 aliphatic heterocycles. The summed E-state index contributed by atoms with van der Waals surface area (Å²) >= 11 is 0. The third kappa shape index (κ3) is 2.15. The Hall–Kier alpha value is -2.07. The lowest BCUT2D eigenvalue weighted by molar-refractivity contribution is -0.749. The minimum absolute atomic E-state index is 0. The first-order valence-corrected chi connectivity index (χ1v) is 5.94. The molecule has 19 heavy (non-hydrogen) atoms. The van der Waals surface area contributed by atoms with Gasteiger partial charge in [-0.1, -0.05) is 36.4 Å². The number of rotatable bonds is 2. The van der Waals surface area contributed by atoms with Crippen LogP contribution in [0.25, 0.3) is 22.0 Å². The van der Waals surface area contributed by atoms with E-state index in [9.17, 15) is 0 Å². The van der Waals surface area contributed by atoms with Crippen LogP contribution >= 0.6 is 0 Å². The largest absolute Gasteiger partial charge is 1.00 e. The average molecular weight is 276 g/mol. The Morgan fingerprint density at radius 3 is 2.68 bits per heavy atom. The summed E-state index contributed by atoms with van der Waals surface area (Å²) in [7, 11) is 0. The van der Waals surface area contributed by atoms with Gasteiger partial charge in [0.05, 0.1) is 5.56 Å². The highest BCUT2D eigenvalue weighted by Crippen LogP contribution is 2.29. The van der Waals surface area contributed by atoms with E-state index in [4.69, 9.17) is 10.3 Å². The Labute approximate surface area is 117 Å². The van der Waals surface area contributed by atoms with Gasteiger partial charge in [-0.2, -0.15) is 0 Å². The molecule has 0 radical (unpaired) electrons. The molecule has 1 heterocycles. The predicted molar refractivity (Wildman–Crippen MR) is 69.7 cm³/mol. The molecule has 3 aromatic rings. The van der Waals surface area contributed by atoms with Crippen molar-refractivity contribution >= 4 is 16.7 Å². The van der Waals surface area contributed by atoms with Gasteiger partial charge in [-0.25, -0.2) is 0 Å². The van der Waals surface area contributed by atoms with Gasteiger partial charge in [-0.05, 0) is 28.4 Å². The fraction of sp³-hybridized carbons (Fsp3) is 0.143. The maximum atomic E-state index is 5.89. The number of hydrogen-bond acceptors (Lipinski definition) is 3. The summed E-state index contributed by atoms with van der Waals surface area (Å²) in [6, 6.07) is 14.3. The third-order valence-electron chi connectivity index (χ3n) is 3.07. The van der Waals surface area contributed by atoms with E-state index < -0.39 is 0 Å². The molecule has 0 unspecified atom stereocenters. The number of nitrogens with zero attached hydrogens (tertiary/aromatic N) is 2. The van der Waals surface area contributed by atoms with Crippen LogP contribution in [0.3, 0.4) is 0 Å². The summed E-state index contributed by atoms with van der Waals surface area (Å²) in [5.41, 5.74) is 7.78. The molecule has 2 N–H and O–H groups in total. The van der Waals surface area contributed by atoms with E-state index >= 15 is 0 Å². The van der Waals surface area contributed by atoms with E-state index in [1.54, 1.807) is 4.68 Å². The summed E-state index contributed by atoms with van der Waals surface area (Å²) in [5, 5.41) is 6.26. The molecular weight excluding hydrogens is 262 g/mol. The van der Waals surface area contributed by atoms with Crippen LogP contribution < -0.4 is 22.8 Å². The molecule has 0 amide bonds. The fourth-order valence-electron chi connectivity index (χ4n) is 2.22. The molecule has 1 aromatic heterocycles. The Balaban J connectivity index is 0.00000133. The second-order valence-corrected chi connectivity index (χ2v) is 4.13. The smallest absolute Gasteiger partial charge is 0.305 e. The van der Waals surface area contributed by atoms with Gasteiger partial charge in [0.2, 0.25) is 5.27 Å². The first kappa shape index (κ1) is 13.4. The van der Waals surface area contributed by atoms with Crippen molar-refractivity contribution in [3.05, 3.63) is 42.5 Å². The van der Waals surface area contributed by atoms with Crippen LogP contribution in [0.5, 0.6) is 0 Å². The van der Waals surface area contributed by atoms with E-state index in [2.05, 4.69) is 23.5 Å². The SMILES string of the molecule is CC[n+]1noc(N)c1-c1cccc2ccccc12.[Cl-]. The van der Waals surface area contributed by atoms with Gasteiger partial charge in [-0.3, -0.25) is 4.52 Å². The van der Waals surface area contributed by atoms with Gasteiger partial charge in [0.1, 0.15) is 0 Å². The van der Waals surface area contributed by atoms with Gasteiger partial charge in [0.15, 0.2) is 6.54 Å². The molecule has 0 saturated carbocycles. The van der Waals surface area contributed by atoms with Crippen LogP contribution in [0.4, 0.5) is 5.88 Å². The highest BCUT2D eigenvalue weighted by atomic mass is 35.5. The van der Waals surface area contributed by atoms with Crippen molar-refractivity contribution in [3.63, 3.8) is 0 Å². The van der Waals surface area contributed by atoms with Crippen LogP contribution in [0.15, 0.2) is 47.0 Å². The second-order valence-electron chi connectivity index (χ2n) is 4.13. The van der Waals surface area contributed by atoms with E-state index in [0.717, 1.165) is 23.2 Å². The van der Waals surface area contributed by atoms with Crippen LogP contribution in [0.2, 0.25) is 0 Å². The minimum Gasteiger partial charge on any atom is -1.00 e. The molecule has 0 aliphatic carbocycles. The summed E-state index contributed by atoms with van der Waals surface area (Å²) < 4.78 is 6.86. The maximum absolute atomic E-state index is 5.89. The first-order chi connectivity index (χ1) is 8.81. The lowest BCUT2D eigenvalue weighted by atomic mass is 10.0. The monoisotopic (exact) mass is 275 g/mol. The molecule has 5 heteroatoms. The highest BCUT2D eigenvalue weighted by Gasteiger charge is 2.24. The van der Waals surface area contributed by atoms with Crippen molar-refractivity contribution in [2.45, 2.75) is 13.5 Å². The normalized spacial score (nSPS) is 10.4. The Bertz CT molecular complexity index is 703. The third-order valence-corrected chi connectivity index (χ3v) is 3.07. The Morgan fingerprint density at radius 2 is 1.89 bits per heavy atom. The molecule has 0 fully saturated rings. The van der Waals surface area contributed by atoms with Crippen molar-refractivity contribution in [2.24, 2.45) is 0 Å². The lowest BCUT2D eigenvalue weighted by Gasteiger charge is -2.01. The van der Waals surface area contributed by atoms with Gasteiger partial charge in [0.25, 0.3) is 0 Å². The summed E-state index contributed by atoms with van der Waals surface area (Å²) in [4.78, 5) is 0. The zero-order valence-corrected chi connectivity index (χ0v) is 11.3. The van der Waals surface area contributed by atoms with E-state index in [0.29, 0.717) is 5.88 Å². The highest BCUT2D eigenvalue weighted by molar-refractivity contribution is 5.96. The number of aromatic nitrogens is 2. The standard InChI is InChI=1S/C14H14N3O.ClH/c1-2-17-13(14(15)18-16-17)12-9-5-7-10-6-3-4-8-11(10)12;/h3-9H,2,15H2,1H3;1H/q+1;/p-1. The molecule has 3 rings (SSSR count). The Morgan fingerprint density at radius 1 is 1.16 bits per heavy atom. The van der Waals surface area contributed by atoms with Gasteiger partial charge in [-0.15, -0.1) is 0 Å². The molecule has 0 bridgehead atoms. The van der Waals surface area contributed by atoms with Crippen molar-refractivity contribution in [2.75, 3.05) is 5.73 Å². The van der Waals surface area contributed by atoms with Gasteiger partial charge >= 0.3 is 11.6 Å². The van der Waals surface area contributed by atoms with Crippen molar-refractivity contribution in [1.82, 2.24) is 5.27 Å². The first-order valence-electron chi connectivity index (χ1n) is 5.94. The van der Waals surface area contributed by atoms with E-state index in [-0.39, 0.29) is 12.4 Å². The Kier molecular flexibility index (Phi) is 3.71. The number of benzene rings is 2. The fourth-order valence-corrected chi connectivity index (χ4v) is 2.22. The van der Waals surface area contributed by atoms with E-state index in [1.165, 1.54) is 5.39 Å². The van der Waals surface area contributed by atoms with Crippen LogP contribution in [0.1, 0.15) is 6.92 Å². The predicted octanol–water partition coefficient (Wildman–Crippen LogP) is -0.612. The maximum Gasteiger partial charge on any atom is 0.305 e. The quantitative estimate of drug-likeness (QED) is 0.635. The van der Waals surface area contributed by atoms with Crippen molar-refractivity contribution < 1.29 is 21.6 Å². The molecular formula is C14H14ClN3O. The summed E-state index contributed by atoms with van der Waals surface area (Å²) in [5.74, 6) is 0.355. The molecule has 2 aromatic carbocycles. The molecule has 0 aliphatic rings. The molecule has 0 atom stereocenters. The van der Waals surface area contributed by atoms with Crippen LogP contribution in [-0.2, 0) is 6.54 Å². The number of halogens is 1. The molecule has 0 spiro atoms. The van der Waals surface area contributed by atoms with Gasteiger partial charge < -0.3 is 18.1 Å². The summed E-state index contributed by atoms with van der Waals surface area (Å²) in [6.07, 6.45) is 0. The zero-order valence-electron chi connectivity index (χ0n) is 10.5. The van der Waals surface area contributed by atoms with Crippen molar-refractivity contribution in [1.29, 1.82) is 0 Å². The van der Waals surface area contributed by atoms with Crippen LogP contribution in [-0.4, -0.2) is 5.27 Å². The molecule has 4 nitrogen and oxygen atoms in total. The van der Waals surface area contributed by atoms with Gasteiger partial charge in [0, 0.05) is 0 Å². The number of nitrogen functional groups attached to an aromatic ring is 1. The lowest BCUT2D eigenvalue weighted by Crippen LogP contribution is -3.00. The number of aryl methyl sites for hydroxylation is 1. The number of nitrogens with two attached hydrogens (primary N) is 1. The number of hydrogen-bond donors (Lipinski definition) is 1. The van der Waals surface area contributed by atoms with E-state index in [1.807, 2.05) is 31.2 Å². The minimum atomic E-state index is 0. The molecule has 0 saturated heterocycles. The number of anilines is 1. The summed E-state index contributed by atoms with van der Waals surface area (Å²) in [6.45, 7) is 2.73. The number of fused-ring (bicyclic) bond motifs is 1. The molecule has 98 valence electrons. The topological polar surface area (TPSA) is 55.9 Å². The zero-order chi connectivity index (χ0) is 12.5. The van der Waals surface area contributed by atoms with Crippen LogP contribution in [0, 0.1) is 0 Å².